The van der Waals surface area contributed by atoms with Crippen molar-refractivity contribution in [2.24, 2.45) is 5.92 Å². The fourth-order valence-electron chi connectivity index (χ4n) is 3.93. The van der Waals surface area contributed by atoms with Gasteiger partial charge in [-0.2, -0.15) is 4.39 Å². The second-order valence-corrected chi connectivity index (χ2v) is 6.88. The van der Waals surface area contributed by atoms with Crippen LogP contribution in [0.25, 0.3) is 0 Å². The first-order valence-corrected chi connectivity index (χ1v) is 9.17. The lowest BCUT2D eigenvalue weighted by Crippen LogP contribution is -2.16. The molecule has 1 nitrogen and oxygen atoms in total. The molecule has 1 aromatic rings. The second kappa shape index (κ2) is 8.65. The van der Waals surface area contributed by atoms with Crippen molar-refractivity contribution in [1.29, 1.82) is 0 Å². The molecule has 0 unspecified atom stereocenters. The van der Waals surface area contributed by atoms with Crippen LogP contribution in [-0.2, 0) is 6.42 Å². The minimum Gasteiger partial charge on any atom is -0.494 e. The van der Waals surface area contributed by atoms with E-state index in [2.05, 4.69) is 6.92 Å². The third-order valence-corrected chi connectivity index (χ3v) is 5.28. The average Bonchev–Trinajstić information content (AvgIpc) is 2.58. The summed E-state index contributed by atoms with van der Waals surface area (Å²) >= 11 is 0. The fraction of sp³-hybridized carbons (Fsp3) is 0.700. The first-order chi connectivity index (χ1) is 11.1. The van der Waals surface area contributed by atoms with Crippen LogP contribution in [0.3, 0.4) is 0 Å². The van der Waals surface area contributed by atoms with E-state index in [1.54, 1.807) is 6.07 Å². The molecule has 0 saturated heterocycles. The molecule has 0 aromatic heterocycles. The zero-order valence-corrected chi connectivity index (χ0v) is 14.8. The van der Waals surface area contributed by atoms with E-state index in [1.165, 1.54) is 39.2 Å². The van der Waals surface area contributed by atoms with E-state index in [-0.39, 0.29) is 5.75 Å². The molecule has 0 N–H and O–H groups in total. The Bertz CT molecular complexity index is 505. The van der Waals surface area contributed by atoms with Gasteiger partial charge in [0.25, 0.3) is 0 Å². The molecule has 23 heavy (non-hydrogen) atoms. The molecule has 130 valence electrons. The monoisotopic (exact) mass is 324 g/mol. The lowest BCUT2D eigenvalue weighted by Gasteiger charge is -2.30. The molecule has 2 rings (SSSR count). The predicted octanol–water partition coefficient (Wildman–Crippen LogP) is 6.39. The van der Waals surface area contributed by atoms with Crippen LogP contribution in [0.2, 0.25) is 0 Å². The summed E-state index contributed by atoms with van der Waals surface area (Å²) in [6.45, 7) is 4.24. The molecule has 0 heterocycles. The Morgan fingerprint density at radius 1 is 1.04 bits per heavy atom. The van der Waals surface area contributed by atoms with Crippen LogP contribution in [-0.4, -0.2) is 7.11 Å². The van der Waals surface area contributed by atoms with Crippen molar-refractivity contribution in [3.05, 3.63) is 28.8 Å². The van der Waals surface area contributed by atoms with Gasteiger partial charge in [0.1, 0.15) is 0 Å². The van der Waals surface area contributed by atoms with Crippen molar-refractivity contribution in [1.82, 2.24) is 0 Å². The van der Waals surface area contributed by atoms with E-state index >= 15 is 0 Å². The molecule has 1 saturated carbocycles. The third-order valence-electron chi connectivity index (χ3n) is 5.28. The largest absolute Gasteiger partial charge is 0.494 e. The maximum absolute atomic E-state index is 14.4. The predicted molar refractivity (Wildman–Crippen MR) is 91.1 cm³/mol. The summed E-state index contributed by atoms with van der Waals surface area (Å²) in [5.74, 6) is -0.331. The second-order valence-electron chi connectivity index (χ2n) is 6.88. The lowest BCUT2D eigenvalue weighted by molar-refractivity contribution is 0.301. The molecule has 0 bridgehead atoms. The van der Waals surface area contributed by atoms with Gasteiger partial charge in [-0.05, 0) is 61.1 Å². The Kier molecular flexibility index (Phi) is 6.86. The van der Waals surface area contributed by atoms with Gasteiger partial charge >= 0.3 is 0 Å². The highest BCUT2D eigenvalue weighted by Crippen LogP contribution is 2.41. The van der Waals surface area contributed by atoms with Gasteiger partial charge in [0.15, 0.2) is 11.6 Å². The number of rotatable bonds is 7. The average molecular weight is 324 g/mol. The Hall–Kier alpha value is -1.12. The van der Waals surface area contributed by atoms with Crippen molar-refractivity contribution in [2.75, 3.05) is 7.11 Å². The maximum atomic E-state index is 14.4. The summed E-state index contributed by atoms with van der Waals surface area (Å²) in [5, 5.41) is 0. The van der Waals surface area contributed by atoms with Crippen molar-refractivity contribution < 1.29 is 13.5 Å². The van der Waals surface area contributed by atoms with Crippen molar-refractivity contribution in [3.63, 3.8) is 0 Å². The number of halogens is 2. The van der Waals surface area contributed by atoms with Gasteiger partial charge in [-0.25, -0.2) is 4.39 Å². The SMILES string of the molecule is CCCCC1CCC(c2cc(OC)c(F)c(F)c2CCC)CC1. The molecule has 1 fully saturated rings. The molecule has 1 aliphatic carbocycles. The molecule has 1 aromatic carbocycles. The summed E-state index contributed by atoms with van der Waals surface area (Å²) in [5.41, 5.74) is 1.55. The number of methoxy groups -OCH3 is 1. The molecule has 0 radical (unpaired) electrons. The zero-order chi connectivity index (χ0) is 16.8. The normalized spacial score (nSPS) is 21.4. The Morgan fingerprint density at radius 2 is 1.74 bits per heavy atom. The van der Waals surface area contributed by atoms with E-state index in [4.69, 9.17) is 4.74 Å². The van der Waals surface area contributed by atoms with Crippen LogP contribution >= 0.6 is 0 Å². The van der Waals surface area contributed by atoms with E-state index in [0.29, 0.717) is 17.9 Å². The highest BCUT2D eigenvalue weighted by atomic mass is 19.2. The van der Waals surface area contributed by atoms with Crippen molar-refractivity contribution in [2.45, 2.75) is 77.6 Å². The minimum atomic E-state index is -0.837. The highest BCUT2D eigenvalue weighted by Gasteiger charge is 2.27. The van der Waals surface area contributed by atoms with Gasteiger partial charge in [-0.1, -0.05) is 39.5 Å². The summed E-state index contributed by atoms with van der Waals surface area (Å²) < 4.78 is 33.5. The zero-order valence-electron chi connectivity index (χ0n) is 14.8. The Morgan fingerprint density at radius 3 is 2.30 bits per heavy atom. The van der Waals surface area contributed by atoms with E-state index in [0.717, 1.165) is 30.7 Å². The molecular weight excluding hydrogens is 294 g/mol. The van der Waals surface area contributed by atoms with Crippen LogP contribution < -0.4 is 4.74 Å². The minimum absolute atomic E-state index is 0.0467. The Labute approximate surface area is 139 Å². The van der Waals surface area contributed by atoms with E-state index < -0.39 is 11.6 Å². The summed E-state index contributed by atoms with van der Waals surface area (Å²) in [7, 11) is 1.41. The summed E-state index contributed by atoms with van der Waals surface area (Å²) in [4.78, 5) is 0. The lowest BCUT2D eigenvalue weighted by atomic mass is 9.75. The molecule has 0 aliphatic heterocycles. The van der Waals surface area contributed by atoms with Gasteiger partial charge in [0.05, 0.1) is 7.11 Å². The quantitative estimate of drug-likeness (QED) is 0.564. The number of hydrogen-bond acceptors (Lipinski definition) is 1. The first kappa shape index (κ1) is 18.2. The smallest absolute Gasteiger partial charge is 0.200 e. The van der Waals surface area contributed by atoms with Gasteiger partial charge in [-0.3, -0.25) is 0 Å². The van der Waals surface area contributed by atoms with Crippen molar-refractivity contribution >= 4 is 0 Å². The van der Waals surface area contributed by atoms with Crippen LogP contribution in [0.5, 0.6) is 5.75 Å². The van der Waals surface area contributed by atoms with Gasteiger partial charge < -0.3 is 4.74 Å². The molecule has 1 aliphatic rings. The van der Waals surface area contributed by atoms with Gasteiger partial charge in [0.2, 0.25) is 5.82 Å². The standard InChI is InChI=1S/C20H30F2O/c1-4-6-8-14-9-11-15(12-10-14)17-13-18(23-3)20(22)19(21)16(17)7-5-2/h13-15H,4-12H2,1-3H3. The maximum Gasteiger partial charge on any atom is 0.200 e. The number of unbranched alkanes of at least 4 members (excludes halogenated alkanes) is 1. The van der Waals surface area contributed by atoms with Crippen LogP contribution in [0.15, 0.2) is 6.07 Å². The number of benzene rings is 1. The molecular formula is C20H30F2O. The molecule has 0 amide bonds. The van der Waals surface area contributed by atoms with Crippen molar-refractivity contribution in [3.8, 4) is 5.75 Å². The van der Waals surface area contributed by atoms with Crippen LogP contribution in [0.4, 0.5) is 8.78 Å². The number of ether oxygens (including phenoxy) is 1. The Balaban J connectivity index is 2.20. The van der Waals surface area contributed by atoms with Gasteiger partial charge in [-0.15, -0.1) is 0 Å². The number of hydrogen-bond donors (Lipinski definition) is 0. The highest BCUT2D eigenvalue weighted by molar-refractivity contribution is 5.41. The van der Waals surface area contributed by atoms with Crippen LogP contribution in [0, 0.1) is 17.6 Å². The summed E-state index contributed by atoms with van der Waals surface area (Å²) in [6.07, 6.45) is 9.86. The fourth-order valence-corrected chi connectivity index (χ4v) is 3.93. The van der Waals surface area contributed by atoms with E-state index in [9.17, 15) is 8.78 Å². The molecule has 0 spiro atoms. The molecule has 0 atom stereocenters. The molecule has 3 heteroatoms. The topological polar surface area (TPSA) is 9.23 Å². The summed E-state index contributed by atoms with van der Waals surface area (Å²) in [6, 6.07) is 1.75. The van der Waals surface area contributed by atoms with Gasteiger partial charge in [0, 0.05) is 0 Å². The first-order valence-electron chi connectivity index (χ1n) is 9.17. The van der Waals surface area contributed by atoms with Crippen LogP contribution in [0.1, 0.15) is 82.3 Å². The third kappa shape index (κ3) is 4.24. The van der Waals surface area contributed by atoms with E-state index in [1.807, 2.05) is 6.92 Å².